The molecule has 1 aliphatic heterocycles. The van der Waals surface area contributed by atoms with Gasteiger partial charge in [0, 0.05) is 50.0 Å². The first-order valence-corrected chi connectivity index (χ1v) is 10.3. The summed E-state index contributed by atoms with van der Waals surface area (Å²) >= 11 is 0. The zero-order valence-electron chi connectivity index (χ0n) is 17.8. The summed E-state index contributed by atoms with van der Waals surface area (Å²) in [6, 6.07) is 7.06. The molecule has 0 bridgehead atoms. The number of phenolic OH excluding ortho intramolecular Hbond substituents is 2. The zero-order chi connectivity index (χ0) is 22.7. The van der Waals surface area contributed by atoms with Gasteiger partial charge in [-0.3, -0.25) is 20.9 Å². The third-order valence-corrected chi connectivity index (χ3v) is 5.45. The normalized spacial score (nSPS) is 15.8. The maximum absolute atomic E-state index is 14.9. The molecule has 0 radical (unpaired) electrons. The highest BCUT2D eigenvalue weighted by Gasteiger charge is 2.24. The fourth-order valence-corrected chi connectivity index (χ4v) is 3.71. The lowest BCUT2D eigenvalue weighted by molar-refractivity contribution is 0.192. The fourth-order valence-electron chi connectivity index (χ4n) is 3.71. The van der Waals surface area contributed by atoms with Crippen LogP contribution in [0.25, 0.3) is 0 Å². The first-order chi connectivity index (χ1) is 14.7. The Morgan fingerprint density at radius 1 is 1.19 bits per heavy atom. The average Bonchev–Trinajstić information content (AvgIpc) is 2.70. The largest absolute Gasteiger partial charge is 0.508 e. The summed E-state index contributed by atoms with van der Waals surface area (Å²) < 4.78 is 14.9. The first kappa shape index (κ1) is 23.0. The molecule has 0 saturated carbocycles. The van der Waals surface area contributed by atoms with Crippen LogP contribution in [0.15, 0.2) is 30.3 Å². The summed E-state index contributed by atoms with van der Waals surface area (Å²) in [5.74, 6) is -1.28. The van der Waals surface area contributed by atoms with Crippen molar-refractivity contribution in [2.24, 2.45) is 5.73 Å². The Hall–Kier alpha value is -2.72. The highest BCUT2D eigenvalue weighted by atomic mass is 19.1. The SMILES string of the molecule is CC(C)c1cc(C(=N)N(c2ccc(CN3CCNCC3)c(F)c2)C(N)O)c(O)cc1O. The number of amidine groups is 1. The summed E-state index contributed by atoms with van der Waals surface area (Å²) in [7, 11) is 0. The summed E-state index contributed by atoms with van der Waals surface area (Å²) in [5, 5.41) is 42.3. The summed E-state index contributed by atoms with van der Waals surface area (Å²) in [5.41, 5.74) is 6.98. The molecule has 9 heteroatoms. The number of nitrogens with zero attached hydrogens (tertiary/aromatic N) is 2. The third kappa shape index (κ3) is 5.13. The van der Waals surface area contributed by atoms with Crippen LogP contribution in [-0.2, 0) is 6.54 Å². The zero-order valence-corrected chi connectivity index (χ0v) is 17.8. The van der Waals surface area contributed by atoms with Crippen LogP contribution in [0.3, 0.4) is 0 Å². The predicted octanol–water partition coefficient (Wildman–Crippen LogP) is 1.83. The van der Waals surface area contributed by atoms with Gasteiger partial charge in [0.25, 0.3) is 0 Å². The predicted molar refractivity (Wildman–Crippen MR) is 118 cm³/mol. The molecular formula is C22H30FN5O3. The lowest BCUT2D eigenvalue weighted by Crippen LogP contribution is -2.46. The smallest absolute Gasteiger partial charge is 0.186 e. The molecule has 7 N–H and O–H groups in total. The Morgan fingerprint density at radius 2 is 1.87 bits per heavy atom. The monoisotopic (exact) mass is 431 g/mol. The molecule has 31 heavy (non-hydrogen) atoms. The second-order valence-corrected chi connectivity index (χ2v) is 8.02. The minimum absolute atomic E-state index is 0.0647. The number of halogens is 1. The third-order valence-electron chi connectivity index (χ3n) is 5.45. The topological polar surface area (TPSA) is 129 Å². The fraction of sp³-hybridized carbons (Fsp3) is 0.409. The number of nitrogens with one attached hydrogen (secondary N) is 2. The van der Waals surface area contributed by atoms with E-state index in [1.807, 2.05) is 13.8 Å². The lowest BCUT2D eigenvalue weighted by atomic mass is 9.98. The number of hydrogen-bond acceptors (Lipinski definition) is 7. The molecule has 1 aliphatic rings. The molecule has 0 spiro atoms. The van der Waals surface area contributed by atoms with Gasteiger partial charge in [0.05, 0.1) is 5.56 Å². The Balaban J connectivity index is 1.91. The number of rotatable bonds is 6. The van der Waals surface area contributed by atoms with Gasteiger partial charge in [-0.15, -0.1) is 0 Å². The van der Waals surface area contributed by atoms with Crippen LogP contribution < -0.4 is 16.0 Å². The van der Waals surface area contributed by atoms with E-state index in [2.05, 4.69) is 10.2 Å². The van der Waals surface area contributed by atoms with E-state index in [0.717, 1.165) is 37.1 Å². The minimum Gasteiger partial charge on any atom is -0.508 e. The highest BCUT2D eigenvalue weighted by Crippen LogP contribution is 2.34. The number of aliphatic hydroxyl groups is 1. The molecule has 0 amide bonds. The summed E-state index contributed by atoms with van der Waals surface area (Å²) in [6.07, 6.45) is -1.64. The summed E-state index contributed by atoms with van der Waals surface area (Å²) in [6.45, 7) is 7.57. The van der Waals surface area contributed by atoms with Gasteiger partial charge in [0.15, 0.2) is 6.35 Å². The van der Waals surface area contributed by atoms with Crippen molar-refractivity contribution in [2.75, 3.05) is 31.1 Å². The van der Waals surface area contributed by atoms with E-state index in [9.17, 15) is 19.7 Å². The van der Waals surface area contributed by atoms with Crippen LogP contribution >= 0.6 is 0 Å². The van der Waals surface area contributed by atoms with Gasteiger partial charge in [-0.05, 0) is 29.7 Å². The highest BCUT2D eigenvalue weighted by molar-refractivity contribution is 6.10. The summed E-state index contributed by atoms with van der Waals surface area (Å²) in [4.78, 5) is 3.17. The van der Waals surface area contributed by atoms with Crippen molar-refractivity contribution in [1.82, 2.24) is 10.2 Å². The van der Waals surface area contributed by atoms with Crippen LogP contribution in [-0.4, -0.2) is 58.6 Å². The van der Waals surface area contributed by atoms with Crippen LogP contribution in [0.4, 0.5) is 10.1 Å². The molecule has 1 unspecified atom stereocenters. The molecule has 0 aliphatic carbocycles. The van der Waals surface area contributed by atoms with Gasteiger partial charge in [0.1, 0.15) is 23.2 Å². The molecule has 8 nitrogen and oxygen atoms in total. The second-order valence-electron chi connectivity index (χ2n) is 8.02. The van der Waals surface area contributed by atoms with Gasteiger partial charge in [-0.2, -0.15) is 0 Å². The van der Waals surface area contributed by atoms with Crippen molar-refractivity contribution in [2.45, 2.75) is 32.7 Å². The molecule has 1 saturated heterocycles. The number of anilines is 1. The number of phenols is 2. The Kier molecular flexibility index (Phi) is 7.11. The Labute approximate surface area is 181 Å². The number of aromatic hydroxyl groups is 2. The Bertz CT molecular complexity index is 945. The van der Waals surface area contributed by atoms with E-state index < -0.39 is 12.2 Å². The van der Waals surface area contributed by atoms with E-state index in [0.29, 0.717) is 17.7 Å². The Morgan fingerprint density at radius 3 is 2.45 bits per heavy atom. The number of hydrogen-bond donors (Lipinski definition) is 6. The quantitative estimate of drug-likeness (QED) is 0.234. The molecule has 1 fully saturated rings. The molecule has 1 atom stereocenters. The molecular weight excluding hydrogens is 401 g/mol. The molecule has 168 valence electrons. The van der Waals surface area contributed by atoms with E-state index in [4.69, 9.17) is 11.1 Å². The maximum Gasteiger partial charge on any atom is 0.186 e. The lowest BCUT2D eigenvalue weighted by Gasteiger charge is -2.30. The van der Waals surface area contributed by atoms with Gasteiger partial charge in [0.2, 0.25) is 0 Å². The van der Waals surface area contributed by atoms with Crippen molar-refractivity contribution >= 4 is 11.5 Å². The van der Waals surface area contributed by atoms with Crippen LogP contribution in [0.1, 0.15) is 36.5 Å². The molecule has 2 aromatic rings. The van der Waals surface area contributed by atoms with Gasteiger partial charge >= 0.3 is 0 Å². The van der Waals surface area contributed by atoms with Crippen LogP contribution in [0.2, 0.25) is 0 Å². The van der Waals surface area contributed by atoms with Crippen molar-refractivity contribution in [3.05, 3.63) is 52.8 Å². The molecule has 3 rings (SSSR count). The van der Waals surface area contributed by atoms with Crippen LogP contribution in [0.5, 0.6) is 11.5 Å². The van der Waals surface area contributed by atoms with Crippen molar-refractivity contribution in [3.63, 3.8) is 0 Å². The van der Waals surface area contributed by atoms with E-state index in [1.165, 1.54) is 12.1 Å². The average molecular weight is 432 g/mol. The minimum atomic E-state index is -1.64. The number of benzene rings is 2. The first-order valence-electron chi connectivity index (χ1n) is 10.3. The molecule has 0 aromatic heterocycles. The van der Waals surface area contributed by atoms with Crippen LogP contribution in [0, 0.1) is 11.2 Å². The maximum atomic E-state index is 14.9. The number of nitrogens with two attached hydrogens (primary N) is 1. The van der Waals surface area contributed by atoms with Crippen molar-refractivity contribution < 1.29 is 19.7 Å². The second kappa shape index (κ2) is 9.61. The van der Waals surface area contributed by atoms with Gasteiger partial charge in [-0.25, -0.2) is 4.39 Å². The number of piperazine rings is 1. The number of aliphatic hydroxyl groups excluding tert-OH is 1. The van der Waals surface area contributed by atoms with E-state index >= 15 is 0 Å². The van der Waals surface area contributed by atoms with Gasteiger partial charge < -0.3 is 20.6 Å². The van der Waals surface area contributed by atoms with E-state index in [1.54, 1.807) is 12.1 Å². The van der Waals surface area contributed by atoms with Crippen molar-refractivity contribution in [1.29, 1.82) is 5.41 Å². The molecule has 1 heterocycles. The van der Waals surface area contributed by atoms with E-state index in [-0.39, 0.29) is 34.5 Å². The van der Waals surface area contributed by atoms with Crippen molar-refractivity contribution in [3.8, 4) is 11.5 Å². The van der Waals surface area contributed by atoms with Gasteiger partial charge in [-0.1, -0.05) is 19.9 Å². The standard InChI is InChI=1S/C22H30FN5O3/c1-13(2)16-10-17(20(30)11-19(16)29)21(24)28(22(25)31)15-4-3-14(18(23)9-15)12-27-7-5-26-6-8-27/h3-4,9-11,13,22,24,26,29-31H,5-8,12,25H2,1-2H3. The molecule has 2 aromatic carbocycles.